The number of hydrogen-bond acceptors (Lipinski definition) is 4. The maximum absolute atomic E-state index is 12.2. The third kappa shape index (κ3) is 4.94. The van der Waals surface area contributed by atoms with Gasteiger partial charge >= 0.3 is 5.97 Å². The summed E-state index contributed by atoms with van der Waals surface area (Å²) in [4.78, 5) is 38.1. The third-order valence-electron chi connectivity index (χ3n) is 4.16. The van der Waals surface area contributed by atoms with Crippen molar-refractivity contribution in [2.24, 2.45) is 0 Å². The minimum Gasteiger partial charge on any atom is -0.448 e. The molecule has 2 N–H and O–H groups in total. The minimum atomic E-state index is -0.866. The van der Waals surface area contributed by atoms with E-state index in [1.807, 2.05) is 0 Å². The Morgan fingerprint density at radius 2 is 1.87 bits per heavy atom. The Balaban J connectivity index is 1.86. The first-order chi connectivity index (χ1) is 11.0. The van der Waals surface area contributed by atoms with Gasteiger partial charge in [0.1, 0.15) is 5.69 Å². The summed E-state index contributed by atoms with van der Waals surface area (Å²) in [7, 11) is 0. The Hall–Kier alpha value is -2.11. The highest BCUT2D eigenvalue weighted by Gasteiger charge is 2.23. The average Bonchev–Trinajstić information content (AvgIpc) is 2.87. The summed E-state index contributed by atoms with van der Waals surface area (Å²) >= 11 is 0. The monoisotopic (exact) mass is 320 g/mol. The highest BCUT2D eigenvalue weighted by atomic mass is 16.5. The molecule has 1 aliphatic carbocycles. The van der Waals surface area contributed by atoms with Crippen molar-refractivity contribution >= 4 is 17.7 Å². The van der Waals surface area contributed by atoms with Gasteiger partial charge in [-0.1, -0.05) is 25.7 Å². The third-order valence-corrected chi connectivity index (χ3v) is 4.16. The van der Waals surface area contributed by atoms with E-state index in [9.17, 15) is 14.4 Å². The molecule has 0 radical (unpaired) electrons. The first-order valence-corrected chi connectivity index (χ1v) is 8.18. The van der Waals surface area contributed by atoms with Crippen molar-refractivity contribution in [3.8, 4) is 0 Å². The SMILES string of the molecule is CC(=O)c1c[nH]c(C(=O)O[C@@H](C)C(=O)NC2CCCCCC2)c1. The molecule has 6 heteroatoms. The van der Waals surface area contributed by atoms with E-state index in [2.05, 4.69) is 10.3 Å². The molecule has 2 rings (SSSR count). The van der Waals surface area contributed by atoms with Gasteiger partial charge in [-0.05, 0) is 32.8 Å². The molecule has 1 amide bonds. The van der Waals surface area contributed by atoms with Crippen LogP contribution in [0.25, 0.3) is 0 Å². The van der Waals surface area contributed by atoms with Gasteiger partial charge in [0.15, 0.2) is 11.9 Å². The highest BCUT2D eigenvalue weighted by Crippen LogP contribution is 2.17. The number of rotatable bonds is 5. The average molecular weight is 320 g/mol. The van der Waals surface area contributed by atoms with Crippen molar-refractivity contribution in [1.29, 1.82) is 0 Å². The lowest BCUT2D eigenvalue weighted by molar-refractivity contribution is -0.129. The molecule has 23 heavy (non-hydrogen) atoms. The van der Waals surface area contributed by atoms with E-state index < -0.39 is 12.1 Å². The van der Waals surface area contributed by atoms with Crippen LogP contribution in [0.15, 0.2) is 12.3 Å². The number of Topliss-reactive ketones (excluding diaryl/α,β-unsaturated/α-hetero) is 1. The van der Waals surface area contributed by atoms with Gasteiger partial charge in [0.25, 0.3) is 5.91 Å². The Bertz CT molecular complexity index is 571. The largest absolute Gasteiger partial charge is 0.448 e. The molecule has 0 aliphatic heterocycles. The minimum absolute atomic E-state index is 0.139. The molecule has 1 heterocycles. The van der Waals surface area contributed by atoms with Crippen LogP contribution in [0.3, 0.4) is 0 Å². The van der Waals surface area contributed by atoms with E-state index in [4.69, 9.17) is 4.74 Å². The lowest BCUT2D eigenvalue weighted by Crippen LogP contribution is -2.41. The zero-order valence-electron chi connectivity index (χ0n) is 13.7. The topological polar surface area (TPSA) is 88.3 Å². The number of H-pyrrole nitrogens is 1. The van der Waals surface area contributed by atoms with Crippen LogP contribution in [0.4, 0.5) is 0 Å². The number of carbonyl (C=O) groups excluding carboxylic acids is 3. The molecule has 6 nitrogen and oxygen atoms in total. The number of nitrogens with one attached hydrogen (secondary N) is 2. The molecule has 0 saturated heterocycles. The van der Waals surface area contributed by atoms with Gasteiger partial charge in [0.2, 0.25) is 0 Å². The number of aromatic nitrogens is 1. The smallest absolute Gasteiger partial charge is 0.355 e. The van der Waals surface area contributed by atoms with E-state index in [1.54, 1.807) is 6.92 Å². The van der Waals surface area contributed by atoms with E-state index in [0.717, 1.165) is 25.7 Å². The van der Waals surface area contributed by atoms with E-state index in [1.165, 1.54) is 32.0 Å². The molecule has 1 saturated carbocycles. The van der Waals surface area contributed by atoms with Crippen molar-refractivity contribution in [2.45, 2.75) is 64.5 Å². The van der Waals surface area contributed by atoms with Crippen molar-refractivity contribution in [2.75, 3.05) is 0 Å². The normalized spacial score (nSPS) is 17.1. The van der Waals surface area contributed by atoms with E-state index >= 15 is 0 Å². The van der Waals surface area contributed by atoms with Crippen LogP contribution < -0.4 is 5.32 Å². The fourth-order valence-corrected chi connectivity index (χ4v) is 2.74. The molecule has 126 valence electrons. The van der Waals surface area contributed by atoms with E-state index in [0.29, 0.717) is 5.56 Å². The molecule has 0 unspecified atom stereocenters. The quantitative estimate of drug-likeness (QED) is 0.496. The summed E-state index contributed by atoms with van der Waals surface area (Å²) in [6.45, 7) is 2.97. The zero-order chi connectivity index (χ0) is 16.8. The van der Waals surface area contributed by atoms with Crippen LogP contribution in [0.1, 0.15) is 73.2 Å². The Morgan fingerprint density at radius 3 is 2.43 bits per heavy atom. The second-order valence-corrected chi connectivity index (χ2v) is 6.10. The molecule has 1 atom stereocenters. The van der Waals surface area contributed by atoms with E-state index in [-0.39, 0.29) is 23.4 Å². The first kappa shape index (κ1) is 17.2. The number of amides is 1. The van der Waals surface area contributed by atoms with Gasteiger partial charge in [-0.25, -0.2) is 4.79 Å². The molecule has 1 aromatic heterocycles. The number of esters is 1. The van der Waals surface area contributed by atoms with Crippen LogP contribution in [0.2, 0.25) is 0 Å². The second kappa shape index (κ2) is 7.94. The standard InChI is InChI=1S/C17H24N2O4/c1-11(20)13-9-15(18-10-13)17(22)23-12(2)16(21)19-14-7-5-3-4-6-8-14/h9-10,12,14,18H,3-8H2,1-2H3,(H,19,21)/t12-/m0/s1. The number of ketones is 1. The summed E-state index contributed by atoms with van der Waals surface area (Å²) in [5, 5.41) is 2.96. The molecule has 1 aromatic rings. The summed E-state index contributed by atoms with van der Waals surface area (Å²) in [5.74, 6) is -1.05. The van der Waals surface area contributed by atoms with Gasteiger partial charge in [-0.2, -0.15) is 0 Å². The maximum atomic E-state index is 12.2. The molecule has 1 fully saturated rings. The summed E-state index contributed by atoms with van der Waals surface area (Å²) in [5.41, 5.74) is 0.580. The molecule has 0 spiro atoms. The van der Waals surface area contributed by atoms with Gasteiger partial charge in [-0.3, -0.25) is 9.59 Å². The fourth-order valence-electron chi connectivity index (χ4n) is 2.74. The van der Waals surface area contributed by atoms with Gasteiger partial charge < -0.3 is 15.0 Å². The fraction of sp³-hybridized carbons (Fsp3) is 0.588. The number of carbonyl (C=O) groups is 3. The zero-order valence-corrected chi connectivity index (χ0v) is 13.7. The van der Waals surface area contributed by atoms with Crippen molar-refractivity contribution in [3.63, 3.8) is 0 Å². The number of ether oxygens (including phenoxy) is 1. The van der Waals surface area contributed by atoms with Crippen LogP contribution in [0.5, 0.6) is 0 Å². The van der Waals surface area contributed by atoms with Gasteiger partial charge in [0, 0.05) is 17.8 Å². The lowest BCUT2D eigenvalue weighted by atomic mass is 10.1. The van der Waals surface area contributed by atoms with Crippen LogP contribution in [0, 0.1) is 0 Å². The number of aromatic amines is 1. The summed E-state index contributed by atoms with van der Waals surface area (Å²) in [6, 6.07) is 1.60. The lowest BCUT2D eigenvalue weighted by Gasteiger charge is -2.19. The summed E-state index contributed by atoms with van der Waals surface area (Å²) in [6.07, 6.45) is 7.20. The molecule has 0 bridgehead atoms. The predicted molar refractivity (Wildman–Crippen MR) is 85.3 cm³/mol. The van der Waals surface area contributed by atoms with Crippen molar-refractivity contribution in [1.82, 2.24) is 10.3 Å². The Kier molecular flexibility index (Phi) is 5.96. The second-order valence-electron chi connectivity index (χ2n) is 6.10. The van der Waals surface area contributed by atoms with Crippen molar-refractivity contribution < 1.29 is 19.1 Å². The summed E-state index contributed by atoms with van der Waals surface area (Å²) < 4.78 is 5.17. The molecular weight excluding hydrogens is 296 g/mol. The predicted octanol–water partition coefficient (Wildman–Crippen LogP) is 2.60. The Labute approximate surface area is 136 Å². The van der Waals surface area contributed by atoms with Gasteiger partial charge in [-0.15, -0.1) is 0 Å². The van der Waals surface area contributed by atoms with Crippen molar-refractivity contribution in [3.05, 3.63) is 23.5 Å². The van der Waals surface area contributed by atoms with Crippen LogP contribution in [-0.4, -0.2) is 34.8 Å². The molecule has 0 aromatic carbocycles. The van der Waals surface area contributed by atoms with Crippen LogP contribution >= 0.6 is 0 Å². The Morgan fingerprint density at radius 1 is 1.22 bits per heavy atom. The maximum Gasteiger partial charge on any atom is 0.355 e. The first-order valence-electron chi connectivity index (χ1n) is 8.18. The van der Waals surface area contributed by atoms with Crippen LogP contribution in [-0.2, 0) is 9.53 Å². The van der Waals surface area contributed by atoms with Gasteiger partial charge in [0.05, 0.1) is 0 Å². The molecule has 1 aliphatic rings. The highest BCUT2D eigenvalue weighted by molar-refractivity contribution is 5.98. The number of hydrogen-bond donors (Lipinski definition) is 2. The molecular formula is C17H24N2O4.